The number of H-pyrrole nitrogens is 1. The van der Waals surface area contributed by atoms with Crippen molar-refractivity contribution < 1.29 is 13.6 Å². The van der Waals surface area contributed by atoms with Gasteiger partial charge in [0, 0.05) is 12.6 Å². The van der Waals surface area contributed by atoms with Crippen LogP contribution in [0.1, 0.15) is 35.7 Å². The molecule has 0 bridgehead atoms. The molecule has 0 saturated heterocycles. The van der Waals surface area contributed by atoms with Gasteiger partial charge in [0.25, 0.3) is 5.91 Å². The molecule has 0 fully saturated rings. The molecule has 7 nitrogen and oxygen atoms in total. The lowest BCUT2D eigenvalue weighted by Gasteiger charge is -2.10. The van der Waals surface area contributed by atoms with Gasteiger partial charge in [0.15, 0.2) is 5.82 Å². The number of carbonyl (C=O) groups excluding carboxylic acids is 1. The zero-order valence-corrected chi connectivity index (χ0v) is 16.8. The number of aliphatic imine (C=N–C) groups is 1. The minimum atomic E-state index is -0.316. The number of nitrogens with zero attached hydrogens (tertiary/aromatic N) is 2. The molecule has 0 saturated carbocycles. The summed E-state index contributed by atoms with van der Waals surface area (Å²) in [6.07, 6.45) is 0. The molecule has 29 heavy (non-hydrogen) atoms. The maximum absolute atomic E-state index is 13.1. The van der Waals surface area contributed by atoms with Crippen LogP contribution in [0.25, 0.3) is 11.3 Å². The summed E-state index contributed by atoms with van der Waals surface area (Å²) in [5, 5.41) is 12.9. The van der Waals surface area contributed by atoms with Crippen LogP contribution >= 0.6 is 0 Å². The van der Waals surface area contributed by atoms with Crippen molar-refractivity contribution in [1.29, 1.82) is 0 Å². The third kappa shape index (κ3) is 5.31. The van der Waals surface area contributed by atoms with Gasteiger partial charge in [-0.1, -0.05) is 13.8 Å². The fourth-order valence-corrected chi connectivity index (χ4v) is 2.70. The monoisotopic (exact) mass is 397 g/mol. The van der Waals surface area contributed by atoms with Crippen molar-refractivity contribution in [3.63, 3.8) is 0 Å². The number of aryl methyl sites for hydroxylation is 2. The third-order valence-corrected chi connectivity index (χ3v) is 4.11. The van der Waals surface area contributed by atoms with Crippen LogP contribution in [-0.2, 0) is 0 Å². The average Bonchev–Trinajstić information content (AvgIpc) is 3.26. The van der Waals surface area contributed by atoms with E-state index in [1.807, 2.05) is 13.8 Å². The fraction of sp³-hybridized carbons (Fsp3) is 0.286. The number of benzene rings is 1. The summed E-state index contributed by atoms with van der Waals surface area (Å²) in [7, 11) is 0. The number of halogens is 1. The molecule has 0 unspecified atom stereocenters. The third-order valence-electron chi connectivity index (χ3n) is 4.11. The van der Waals surface area contributed by atoms with Crippen molar-refractivity contribution >= 4 is 17.7 Å². The predicted octanol–water partition coefficient (Wildman–Crippen LogP) is 4.28. The highest BCUT2D eigenvalue weighted by atomic mass is 19.1. The van der Waals surface area contributed by atoms with Gasteiger partial charge >= 0.3 is 0 Å². The van der Waals surface area contributed by atoms with E-state index in [4.69, 9.17) is 4.42 Å². The summed E-state index contributed by atoms with van der Waals surface area (Å²) in [5.41, 5.74) is 1.96. The Bertz CT molecular complexity index is 1020. The van der Waals surface area contributed by atoms with E-state index < -0.39 is 0 Å². The van der Waals surface area contributed by atoms with Gasteiger partial charge in [0.05, 0.1) is 11.3 Å². The Morgan fingerprint density at radius 3 is 2.59 bits per heavy atom. The summed E-state index contributed by atoms with van der Waals surface area (Å²) in [5.74, 6) is 1.67. The lowest BCUT2D eigenvalue weighted by atomic mass is 10.1. The molecule has 0 spiro atoms. The summed E-state index contributed by atoms with van der Waals surface area (Å²) >= 11 is 0. The molecule has 3 rings (SSSR count). The van der Waals surface area contributed by atoms with Crippen molar-refractivity contribution in [1.82, 2.24) is 15.5 Å². The van der Waals surface area contributed by atoms with Crippen LogP contribution in [0.3, 0.4) is 0 Å². The van der Waals surface area contributed by atoms with Crippen LogP contribution in [0.5, 0.6) is 0 Å². The molecule has 0 aliphatic heterocycles. The number of rotatable bonds is 5. The molecule has 2 heterocycles. The van der Waals surface area contributed by atoms with E-state index in [0.717, 1.165) is 5.56 Å². The van der Waals surface area contributed by atoms with Gasteiger partial charge in [-0.15, -0.1) is 0 Å². The van der Waals surface area contributed by atoms with E-state index in [1.54, 1.807) is 38.1 Å². The highest BCUT2D eigenvalue weighted by Crippen LogP contribution is 2.20. The lowest BCUT2D eigenvalue weighted by Crippen LogP contribution is -2.36. The molecule has 1 aromatic carbocycles. The number of aromatic amines is 1. The van der Waals surface area contributed by atoms with Crippen LogP contribution in [0.15, 0.2) is 45.8 Å². The van der Waals surface area contributed by atoms with Gasteiger partial charge < -0.3 is 9.73 Å². The molecule has 0 aliphatic rings. The van der Waals surface area contributed by atoms with Gasteiger partial charge in [0.2, 0.25) is 5.96 Å². The Labute approximate surface area is 168 Å². The Morgan fingerprint density at radius 1 is 1.24 bits per heavy atom. The zero-order chi connectivity index (χ0) is 21.0. The van der Waals surface area contributed by atoms with Gasteiger partial charge in [-0.3, -0.25) is 20.2 Å². The van der Waals surface area contributed by atoms with Crippen molar-refractivity contribution in [2.75, 3.05) is 11.9 Å². The van der Waals surface area contributed by atoms with E-state index in [1.165, 1.54) is 12.1 Å². The molecule has 1 amide bonds. The normalized spacial score (nSPS) is 11.7. The molecule has 0 atom stereocenters. The fourth-order valence-electron chi connectivity index (χ4n) is 2.70. The Morgan fingerprint density at radius 2 is 1.97 bits per heavy atom. The van der Waals surface area contributed by atoms with Crippen molar-refractivity contribution in [2.24, 2.45) is 10.9 Å². The minimum absolute atomic E-state index is 0.291. The number of carbonyl (C=O) groups is 1. The summed E-state index contributed by atoms with van der Waals surface area (Å²) in [6.45, 7) is 8.13. The highest BCUT2D eigenvalue weighted by molar-refractivity contribution is 6.10. The SMILES string of the molecule is Cc1cc(C(=O)NC(=NCC(C)C)Nc2cc(-c3ccc(F)cc3)[nH]n2)c(C)o1. The van der Waals surface area contributed by atoms with Crippen LogP contribution in [0.2, 0.25) is 0 Å². The quantitative estimate of drug-likeness (QED) is 0.442. The first-order chi connectivity index (χ1) is 13.8. The standard InChI is InChI=1S/C21H24FN5O2/c1-12(2)11-23-21(25-20(28)17-9-13(3)29-14(17)4)24-19-10-18(26-27-19)15-5-7-16(22)8-6-15/h5-10,12H,11H2,1-4H3,(H3,23,24,25,26,27,28). The van der Waals surface area contributed by atoms with Crippen LogP contribution < -0.4 is 10.6 Å². The number of amides is 1. The first-order valence-electron chi connectivity index (χ1n) is 9.33. The molecule has 152 valence electrons. The Hall–Kier alpha value is -3.42. The van der Waals surface area contributed by atoms with E-state index in [-0.39, 0.29) is 11.7 Å². The summed E-state index contributed by atoms with van der Waals surface area (Å²) in [6, 6.07) is 9.53. The molecule has 2 aromatic heterocycles. The van der Waals surface area contributed by atoms with Gasteiger partial charge in [-0.25, -0.2) is 4.39 Å². The van der Waals surface area contributed by atoms with Crippen LogP contribution in [-0.4, -0.2) is 28.6 Å². The number of aromatic nitrogens is 2. The Kier molecular flexibility index (Phi) is 6.11. The molecular weight excluding hydrogens is 373 g/mol. The Balaban J connectivity index is 1.77. The molecule has 3 N–H and O–H groups in total. The summed E-state index contributed by atoms with van der Waals surface area (Å²) in [4.78, 5) is 17.1. The first kappa shape index (κ1) is 20.3. The van der Waals surface area contributed by atoms with E-state index in [0.29, 0.717) is 47.0 Å². The summed E-state index contributed by atoms with van der Waals surface area (Å²) < 4.78 is 18.5. The predicted molar refractivity (Wildman–Crippen MR) is 110 cm³/mol. The smallest absolute Gasteiger partial charge is 0.261 e. The van der Waals surface area contributed by atoms with Gasteiger partial charge in [-0.2, -0.15) is 5.10 Å². The number of anilines is 1. The first-order valence-corrected chi connectivity index (χ1v) is 9.33. The maximum atomic E-state index is 13.1. The van der Waals surface area contributed by atoms with E-state index in [9.17, 15) is 9.18 Å². The van der Waals surface area contributed by atoms with Gasteiger partial charge in [0.1, 0.15) is 17.3 Å². The van der Waals surface area contributed by atoms with Crippen molar-refractivity contribution in [3.8, 4) is 11.3 Å². The lowest BCUT2D eigenvalue weighted by molar-refractivity contribution is 0.0975. The molecule has 0 aliphatic carbocycles. The van der Waals surface area contributed by atoms with Crippen molar-refractivity contribution in [3.05, 3.63) is 59.3 Å². The average molecular weight is 397 g/mol. The number of hydrogen-bond donors (Lipinski definition) is 3. The number of hydrogen-bond acceptors (Lipinski definition) is 4. The second kappa shape index (κ2) is 8.72. The number of furan rings is 1. The van der Waals surface area contributed by atoms with E-state index >= 15 is 0 Å². The molecular formula is C21H24FN5O2. The largest absolute Gasteiger partial charge is 0.466 e. The van der Waals surface area contributed by atoms with Crippen LogP contribution in [0.4, 0.5) is 10.2 Å². The zero-order valence-electron chi connectivity index (χ0n) is 16.8. The van der Waals surface area contributed by atoms with Crippen LogP contribution in [0, 0.1) is 25.6 Å². The topological polar surface area (TPSA) is 95.3 Å². The second-order valence-corrected chi connectivity index (χ2v) is 7.16. The molecule has 3 aromatic rings. The highest BCUT2D eigenvalue weighted by Gasteiger charge is 2.16. The second-order valence-electron chi connectivity index (χ2n) is 7.16. The van der Waals surface area contributed by atoms with Gasteiger partial charge in [-0.05, 0) is 55.7 Å². The number of guanidine groups is 1. The maximum Gasteiger partial charge on any atom is 0.261 e. The number of nitrogens with one attached hydrogen (secondary N) is 3. The molecule has 8 heteroatoms. The minimum Gasteiger partial charge on any atom is -0.466 e. The van der Waals surface area contributed by atoms with E-state index in [2.05, 4.69) is 25.8 Å². The molecule has 0 radical (unpaired) electrons. The van der Waals surface area contributed by atoms with Crippen molar-refractivity contribution in [2.45, 2.75) is 27.7 Å².